The van der Waals surface area contributed by atoms with Crippen LogP contribution in [0.3, 0.4) is 0 Å². The van der Waals surface area contributed by atoms with Gasteiger partial charge in [-0.25, -0.2) is 4.18 Å². The quantitative estimate of drug-likeness (QED) is 0.0385. The molecule has 0 aromatic heterocycles. The number of allylic oxidation sites excluding steroid dienone is 2. The van der Waals surface area contributed by atoms with Crippen LogP contribution < -0.4 is 0 Å². The molecule has 10 rings (SSSR count). The molecule has 6 heterocycles. The third-order valence-electron chi connectivity index (χ3n) is 22.4. The molecule has 3 saturated carbocycles. The van der Waals surface area contributed by atoms with Gasteiger partial charge in [0.15, 0.2) is 37.7 Å². The summed E-state index contributed by atoms with van der Waals surface area (Å²) in [4.78, 5) is 13.2. The van der Waals surface area contributed by atoms with E-state index in [0.717, 1.165) is 19.3 Å². The van der Waals surface area contributed by atoms with Crippen molar-refractivity contribution in [3.05, 3.63) is 11.6 Å². The van der Waals surface area contributed by atoms with Gasteiger partial charge in [0.25, 0.3) is 0 Å². The van der Waals surface area contributed by atoms with Crippen molar-refractivity contribution in [3.8, 4) is 0 Å². The summed E-state index contributed by atoms with van der Waals surface area (Å²) in [7, 11) is -4.89. The first-order chi connectivity index (χ1) is 44.6. The zero-order valence-corrected chi connectivity index (χ0v) is 55.3. The van der Waals surface area contributed by atoms with Crippen molar-refractivity contribution < 1.29 is 155 Å². The van der Waals surface area contributed by atoms with Crippen molar-refractivity contribution in [1.29, 1.82) is 0 Å². The molecule has 16 N–H and O–H groups in total. The molecule has 0 amide bonds. The molecule has 548 valence electrons. The minimum absolute atomic E-state index is 0.0583. The zero-order valence-electron chi connectivity index (χ0n) is 54.5. The summed E-state index contributed by atoms with van der Waals surface area (Å²) in [5, 5.41) is 167. The van der Waals surface area contributed by atoms with Gasteiger partial charge in [-0.15, -0.1) is 0 Å². The molecule has 6 aliphatic heterocycles. The third kappa shape index (κ3) is 15.3. The van der Waals surface area contributed by atoms with Crippen molar-refractivity contribution in [1.82, 2.24) is 0 Å². The first-order valence-electron chi connectivity index (χ1n) is 33.4. The molecule has 10 aliphatic rings. The van der Waals surface area contributed by atoms with Gasteiger partial charge < -0.3 is 133 Å². The highest BCUT2D eigenvalue weighted by atomic mass is 32.3. The number of aliphatic hydroxyl groups excluding tert-OH is 15. The van der Waals surface area contributed by atoms with E-state index in [9.17, 15) is 94.4 Å². The van der Waals surface area contributed by atoms with Gasteiger partial charge in [0, 0.05) is 12.8 Å². The maximum absolute atomic E-state index is 13.2. The lowest BCUT2D eigenvalue weighted by atomic mass is 9.47. The minimum Gasteiger partial charge on any atom is -0.394 e. The summed E-state index contributed by atoms with van der Waals surface area (Å²) in [5.41, 5.74) is 0.408. The number of Topliss-reactive ketones (excluding diaryl/α,β-unsaturated/α-hetero) is 1. The van der Waals surface area contributed by atoms with Crippen LogP contribution in [0.5, 0.6) is 0 Å². The third-order valence-corrected chi connectivity index (χ3v) is 22.9. The zero-order chi connectivity index (χ0) is 69.4. The van der Waals surface area contributed by atoms with Gasteiger partial charge in [-0.3, -0.25) is 9.35 Å². The molecule has 0 aromatic rings. The van der Waals surface area contributed by atoms with Gasteiger partial charge in [-0.2, -0.15) is 8.42 Å². The Bertz CT molecular complexity index is 2700. The average molecular weight is 1390 g/mol. The van der Waals surface area contributed by atoms with E-state index in [4.69, 9.17) is 61.0 Å². The Kier molecular flexibility index (Phi) is 24.2. The van der Waals surface area contributed by atoms with E-state index in [1.165, 1.54) is 26.3 Å². The molecule has 9 fully saturated rings. The van der Waals surface area contributed by atoms with Crippen LogP contribution in [-0.2, 0) is 76.2 Å². The predicted molar refractivity (Wildman–Crippen MR) is 317 cm³/mol. The number of carbonyl (C=O) groups excluding carboxylic acids is 1. The number of ether oxygens (including phenoxy) is 12. The van der Waals surface area contributed by atoms with E-state index in [2.05, 4.69) is 26.8 Å². The topological polar surface area (TPSA) is 495 Å². The highest BCUT2D eigenvalue weighted by Crippen LogP contribution is 2.67. The van der Waals surface area contributed by atoms with Crippen molar-refractivity contribution in [2.24, 2.45) is 46.3 Å². The lowest BCUT2D eigenvalue weighted by Crippen LogP contribution is -2.67. The van der Waals surface area contributed by atoms with Crippen LogP contribution in [0.4, 0.5) is 0 Å². The number of carbonyl (C=O) groups is 1. The molecule has 33 heteroatoms. The Morgan fingerprint density at radius 2 is 1.03 bits per heavy atom. The van der Waals surface area contributed by atoms with E-state index >= 15 is 0 Å². The van der Waals surface area contributed by atoms with Crippen LogP contribution in [0, 0.1) is 46.3 Å². The molecule has 38 atom stereocenters. The predicted octanol–water partition coefficient (Wildman–Crippen LogP) is -3.97. The SMILES string of the molecule is CC(C)CC(=O)CC(C)[C@H]1CCC2C3CC(O[C@H]4OC(C)[C@@H](O)C(O[C@@H]5OC[C@@H](O[C@H]6OC(CO)[C@H](O)C(O)C6O[C@@H]6OC(C)[C@@H](O)C(O[C@@H]7OC(CO)[C@H](O)C(O)C7O)C6O)C(O)C5O[C@@H]5OC(C)[C@@H](O)C(O)C5O)C4O)C4C[C@@H](OS(=O)(=O)O)CC[C@]4(C)C3=CC[C@@]21C. The summed E-state index contributed by atoms with van der Waals surface area (Å²) < 4.78 is 113. The van der Waals surface area contributed by atoms with Crippen LogP contribution in [0.1, 0.15) is 113 Å². The lowest BCUT2D eigenvalue weighted by Gasteiger charge is -2.59. The van der Waals surface area contributed by atoms with Crippen molar-refractivity contribution in [2.45, 2.75) is 304 Å². The summed E-state index contributed by atoms with van der Waals surface area (Å²) in [6.45, 7) is 12.3. The maximum Gasteiger partial charge on any atom is 0.397 e. The first kappa shape index (κ1) is 75.9. The molecule has 22 unspecified atom stereocenters. The molecule has 32 nitrogen and oxygen atoms in total. The molecule has 0 bridgehead atoms. The molecular formula is C62H102O32S. The van der Waals surface area contributed by atoms with Crippen molar-refractivity contribution >= 4 is 16.2 Å². The Morgan fingerprint density at radius 1 is 0.537 bits per heavy atom. The monoisotopic (exact) mass is 1390 g/mol. The lowest BCUT2D eigenvalue weighted by molar-refractivity contribution is -0.402. The van der Waals surface area contributed by atoms with Gasteiger partial charge in [-0.1, -0.05) is 46.3 Å². The van der Waals surface area contributed by atoms with E-state index in [1.54, 1.807) is 0 Å². The average Bonchev–Trinajstić information content (AvgIpc) is 1.70. The highest BCUT2D eigenvalue weighted by Gasteiger charge is 2.63. The van der Waals surface area contributed by atoms with Gasteiger partial charge in [0.2, 0.25) is 0 Å². The molecule has 6 saturated heterocycles. The first-order valence-corrected chi connectivity index (χ1v) is 34.7. The second kappa shape index (κ2) is 30.3. The van der Waals surface area contributed by atoms with Crippen molar-refractivity contribution in [2.75, 3.05) is 19.8 Å². The summed E-state index contributed by atoms with van der Waals surface area (Å²) in [6.07, 6.45) is -46.4. The molecule has 0 radical (unpaired) electrons. The van der Waals surface area contributed by atoms with E-state index in [-0.39, 0.29) is 53.6 Å². The van der Waals surface area contributed by atoms with E-state index < -0.39 is 232 Å². The molecular weight excluding hydrogens is 1290 g/mol. The number of fused-ring (bicyclic) bond motifs is 5. The Balaban J connectivity index is 0.899. The van der Waals surface area contributed by atoms with Crippen molar-refractivity contribution in [3.63, 3.8) is 0 Å². The second-order valence-electron chi connectivity index (χ2n) is 29.2. The molecule has 0 spiro atoms. The fourth-order valence-electron chi connectivity index (χ4n) is 17.2. The van der Waals surface area contributed by atoms with Gasteiger partial charge >= 0.3 is 10.4 Å². The van der Waals surface area contributed by atoms with Crippen LogP contribution >= 0.6 is 0 Å². The number of aliphatic hydroxyl groups is 15. The largest absolute Gasteiger partial charge is 0.397 e. The fourth-order valence-corrected chi connectivity index (χ4v) is 17.7. The molecule has 4 aliphatic carbocycles. The maximum atomic E-state index is 13.2. The van der Waals surface area contributed by atoms with E-state index in [0.29, 0.717) is 25.7 Å². The summed E-state index contributed by atoms with van der Waals surface area (Å²) in [6, 6.07) is 0. The van der Waals surface area contributed by atoms with Gasteiger partial charge in [-0.05, 0) is 112 Å². The number of rotatable bonds is 21. The smallest absolute Gasteiger partial charge is 0.394 e. The summed E-state index contributed by atoms with van der Waals surface area (Å²) >= 11 is 0. The van der Waals surface area contributed by atoms with Crippen LogP contribution in [0.2, 0.25) is 0 Å². The van der Waals surface area contributed by atoms with Crippen LogP contribution in [0.15, 0.2) is 11.6 Å². The highest BCUT2D eigenvalue weighted by molar-refractivity contribution is 7.80. The fraction of sp³-hybridized carbons (Fsp3) is 0.952. The minimum atomic E-state index is -4.89. The van der Waals surface area contributed by atoms with Crippen LogP contribution in [0.25, 0.3) is 0 Å². The number of hydrogen-bond donors (Lipinski definition) is 16. The Hall–Kier alpha value is -1.80. The van der Waals surface area contributed by atoms with E-state index in [1.807, 2.05) is 13.8 Å². The van der Waals surface area contributed by atoms with Gasteiger partial charge in [0.05, 0.1) is 50.3 Å². The van der Waals surface area contributed by atoms with Crippen LogP contribution in [-0.4, -0.2) is 306 Å². The Labute approximate surface area is 551 Å². The number of hydrogen-bond acceptors (Lipinski definition) is 31. The number of ketones is 1. The standard InChI is InChI=1S/C62H102O32S/c1-22(2)15-27(65)16-23(3)30-9-10-31-29-18-34(33-17-28(94-95(79,80)81)11-13-62(33,8)32(29)12-14-61(30,31)7)86-57-49(77)52(40(68)25(5)84-57)91-59-53(92-55-47(75)44(72)38(66)24(4)83-55)43(71)37(21-82-59)89-60-54(46(74)42(70)36(20-64)88-60)93-58-50(78)51(39(67)26(6)85-58)90-56-48(76)45(73)41(69)35(19-63)87-56/h12,22-26,28-31,33-60,63-64,66-78H,9-11,13-21H2,1-8H3,(H,79,80,81)/t23?,24?,25?,26?,28-,29?,30+,31?,33?,34?,35?,36?,37+,38+,39+,40+,41-,42-,43?,44?,45?,46?,47?,48?,49?,50?,51?,52?,53?,54?,55-,56-,57+,58-,59-,60+,61+,62+/m0/s1. The normalized spacial score (nSPS) is 51.7. The Morgan fingerprint density at radius 3 is 1.61 bits per heavy atom. The summed E-state index contributed by atoms with van der Waals surface area (Å²) in [5.74, 6) is 0.421. The molecule has 0 aromatic carbocycles. The van der Waals surface area contributed by atoms with Gasteiger partial charge in [0.1, 0.15) is 128 Å². The molecule has 95 heavy (non-hydrogen) atoms. The second-order valence-corrected chi connectivity index (χ2v) is 30.2.